The lowest BCUT2D eigenvalue weighted by atomic mass is 9.80. The van der Waals surface area contributed by atoms with Gasteiger partial charge in [0, 0.05) is 4.90 Å². The van der Waals surface area contributed by atoms with Crippen LogP contribution in [0.5, 0.6) is 5.75 Å². The monoisotopic (exact) mass is 384 g/mol. The maximum absolute atomic E-state index is 12.7. The van der Waals surface area contributed by atoms with Crippen LogP contribution in [0.25, 0.3) is 0 Å². The lowest BCUT2D eigenvalue weighted by Gasteiger charge is -2.32. The Morgan fingerprint density at radius 2 is 1.81 bits per heavy atom. The molecule has 27 heavy (non-hydrogen) atoms. The average Bonchev–Trinajstić information content (AvgIpc) is 2.61. The number of benzene rings is 2. The maximum atomic E-state index is 12.7. The van der Waals surface area contributed by atoms with Crippen LogP contribution in [0, 0.1) is 6.92 Å². The molecule has 1 aliphatic heterocycles. The first kappa shape index (κ1) is 19.5. The van der Waals surface area contributed by atoms with Gasteiger partial charge in [0.05, 0.1) is 17.7 Å². The van der Waals surface area contributed by atoms with E-state index in [-0.39, 0.29) is 17.4 Å². The highest BCUT2D eigenvalue weighted by Gasteiger charge is 2.29. The number of hydrogen-bond donors (Lipinski definition) is 0. The van der Waals surface area contributed by atoms with Crippen molar-refractivity contribution < 1.29 is 19.1 Å². The van der Waals surface area contributed by atoms with Gasteiger partial charge in [-0.2, -0.15) is 0 Å². The number of aryl methyl sites for hydroxylation is 1. The summed E-state index contributed by atoms with van der Waals surface area (Å²) in [5.74, 6) is 0.723. The van der Waals surface area contributed by atoms with Crippen molar-refractivity contribution in [1.29, 1.82) is 0 Å². The number of esters is 2. The Morgan fingerprint density at radius 1 is 1.11 bits per heavy atom. The van der Waals surface area contributed by atoms with Crippen LogP contribution < -0.4 is 4.74 Å². The van der Waals surface area contributed by atoms with Gasteiger partial charge < -0.3 is 9.47 Å². The van der Waals surface area contributed by atoms with Gasteiger partial charge in [-0.25, -0.2) is 9.59 Å². The predicted octanol–water partition coefficient (Wildman–Crippen LogP) is 5.16. The molecule has 0 amide bonds. The number of carbonyl (C=O) groups is 2. The third-order valence-corrected chi connectivity index (χ3v) is 5.89. The molecule has 0 radical (unpaired) electrons. The van der Waals surface area contributed by atoms with Crippen LogP contribution in [0.4, 0.5) is 0 Å². The highest BCUT2D eigenvalue weighted by atomic mass is 32.2. The lowest BCUT2D eigenvalue weighted by molar-refractivity contribution is 0.0526. The van der Waals surface area contributed by atoms with E-state index in [1.54, 1.807) is 31.2 Å². The summed E-state index contributed by atoms with van der Waals surface area (Å²) in [6, 6.07) is 10.5. The van der Waals surface area contributed by atoms with Gasteiger partial charge in [0.15, 0.2) is 0 Å². The summed E-state index contributed by atoms with van der Waals surface area (Å²) >= 11 is 1.84. The van der Waals surface area contributed by atoms with Crippen molar-refractivity contribution in [2.75, 3.05) is 12.4 Å². The topological polar surface area (TPSA) is 52.6 Å². The van der Waals surface area contributed by atoms with Crippen LogP contribution in [0.1, 0.15) is 59.0 Å². The normalized spacial score (nSPS) is 15.0. The standard InChI is InChI=1S/C22H24O4S/c1-5-25-20(23)15-6-8-16(9-7-15)26-21(24)17-13-18-19(12-14(17)2)27-11-10-22(18,3)4/h6-9,12-13H,5,10-11H2,1-4H3. The van der Waals surface area contributed by atoms with Crippen molar-refractivity contribution in [1.82, 2.24) is 0 Å². The van der Waals surface area contributed by atoms with E-state index < -0.39 is 0 Å². The minimum atomic E-state index is -0.388. The van der Waals surface area contributed by atoms with Crippen molar-refractivity contribution in [2.45, 2.75) is 44.4 Å². The zero-order valence-corrected chi connectivity index (χ0v) is 16.9. The molecule has 0 aliphatic carbocycles. The van der Waals surface area contributed by atoms with E-state index in [4.69, 9.17) is 9.47 Å². The molecule has 0 atom stereocenters. The zero-order valence-electron chi connectivity index (χ0n) is 16.1. The SMILES string of the molecule is CCOC(=O)c1ccc(OC(=O)c2cc3c(cc2C)SCCC3(C)C)cc1. The molecule has 1 aliphatic rings. The molecular weight excluding hydrogens is 360 g/mol. The molecule has 5 heteroatoms. The Balaban J connectivity index is 1.81. The first-order valence-electron chi connectivity index (χ1n) is 9.09. The first-order chi connectivity index (χ1) is 12.8. The Kier molecular flexibility index (Phi) is 5.61. The highest BCUT2D eigenvalue weighted by Crippen LogP contribution is 2.42. The molecule has 0 bridgehead atoms. The summed E-state index contributed by atoms with van der Waals surface area (Å²) in [6.45, 7) is 8.44. The van der Waals surface area contributed by atoms with Crippen molar-refractivity contribution in [3.05, 3.63) is 58.7 Å². The van der Waals surface area contributed by atoms with Crippen LogP contribution in [-0.2, 0) is 10.2 Å². The molecular formula is C22H24O4S. The zero-order chi connectivity index (χ0) is 19.6. The van der Waals surface area contributed by atoms with E-state index >= 15 is 0 Å². The maximum Gasteiger partial charge on any atom is 0.343 e. The minimum Gasteiger partial charge on any atom is -0.462 e. The van der Waals surface area contributed by atoms with Gasteiger partial charge in [-0.05, 0) is 79.0 Å². The molecule has 1 heterocycles. The summed E-state index contributed by atoms with van der Waals surface area (Å²) in [5.41, 5.74) is 3.17. The first-order valence-corrected chi connectivity index (χ1v) is 10.1. The fourth-order valence-electron chi connectivity index (χ4n) is 3.14. The van der Waals surface area contributed by atoms with Gasteiger partial charge in [-0.3, -0.25) is 0 Å². The molecule has 0 N–H and O–H groups in total. The van der Waals surface area contributed by atoms with Gasteiger partial charge >= 0.3 is 11.9 Å². The third kappa shape index (κ3) is 4.19. The van der Waals surface area contributed by atoms with Gasteiger partial charge in [-0.15, -0.1) is 11.8 Å². The fourth-order valence-corrected chi connectivity index (χ4v) is 4.72. The van der Waals surface area contributed by atoms with Gasteiger partial charge in [0.25, 0.3) is 0 Å². The molecule has 0 unspecified atom stereocenters. The van der Waals surface area contributed by atoms with Crippen LogP contribution in [0.2, 0.25) is 0 Å². The quantitative estimate of drug-likeness (QED) is 0.538. The van der Waals surface area contributed by atoms with E-state index in [1.165, 1.54) is 10.5 Å². The molecule has 4 nitrogen and oxygen atoms in total. The molecule has 2 aromatic carbocycles. The number of rotatable bonds is 4. The van der Waals surface area contributed by atoms with Crippen molar-refractivity contribution >= 4 is 23.7 Å². The summed E-state index contributed by atoms with van der Waals surface area (Å²) in [7, 11) is 0. The molecule has 142 valence electrons. The Bertz CT molecular complexity index is 869. The van der Waals surface area contributed by atoms with Crippen molar-refractivity contribution in [3.63, 3.8) is 0 Å². The predicted molar refractivity (Wildman–Crippen MR) is 107 cm³/mol. The smallest absolute Gasteiger partial charge is 0.343 e. The van der Waals surface area contributed by atoms with E-state index in [0.717, 1.165) is 17.7 Å². The molecule has 0 aromatic heterocycles. The van der Waals surface area contributed by atoms with Gasteiger partial charge in [0.2, 0.25) is 0 Å². The highest BCUT2D eigenvalue weighted by molar-refractivity contribution is 7.99. The van der Waals surface area contributed by atoms with Gasteiger partial charge in [-0.1, -0.05) is 13.8 Å². The molecule has 0 saturated heterocycles. The summed E-state index contributed by atoms with van der Waals surface area (Å²) in [6.07, 6.45) is 1.08. The van der Waals surface area contributed by atoms with E-state index in [0.29, 0.717) is 23.5 Å². The number of ether oxygens (including phenoxy) is 2. The lowest BCUT2D eigenvalue weighted by Crippen LogP contribution is -2.24. The fraction of sp³-hybridized carbons (Fsp3) is 0.364. The van der Waals surface area contributed by atoms with E-state index in [2.05, 4.69) is 19.9 Å². The number of fused-ring (bicyclic) bond motifs is 1. The molecule has 0 saturated carbocycles. The Hall–Kier alpha value is -2.27. The minimum absolute atomic E-state index is 0.0462. The largest absolute Gasteiger partial charge is 0.462 e. The van der Waals surface area contributed by atoms with E-state index in [1.807, 2.05) is 24.8 Å². The van der Waals surface area contributed by atoms with Crippen LogP contribution in [0.15, 0.2) is 41.3 Å². The Morgan fingerprint density at radius 3 is 2.48 bits per heavy atom. The third-order valence-electron chi connectivity index (χ3n) is 4.84. The van der Waals surface area contributed by atoms with Gasteiger partial charge in [0.1, 0.15) is 5.75 Å². The van der Waals surface area contributed by atoms with Crippen LogP contribution in [0.3, 0.4) is 0 Å². The van der Waals surface area contributed by atoms with Crippen LogP contribution in [-0.4, -0.2) is 24.3 Å². The number of carbonyl (C=O) groups excluding carboxylic acids is 2. The second-order valence-corrected chi connectivity index (χ2v) is 8.42. The second-order valence-electron chi connectivity index (χ2n) is 7.28. The molecule has 0 spiro atoms. The summed E-state index contributed by atoms with van der Waals surface area (Å²) in [5, 5.41) is 0. The second kappa shape index (κ2) is 7.77. The van der Waals surface area contributed by atoms with Crippen molar-refractivity contribution in [3.8, 4) is 5.75 Å². The molecule has 0 fully saturated rings. The number of hydrogen-bond acceptors (Lipinski definition) is 5. The average molecular weight is 384 g/mol. The number of thioether (sulfide) groups is 1. The van der Waals surface area contributed by atoms with Crippen molar-refractivity contribution in [2.24, 2.45) is 0 Å². The summed E-state index contributed by atoms with van der Waals surface area (Å²) in [4.78, 5) is 25.7. The molecule has 3 rings (SSSR count). The molecule has 2 aromatic rings. The van der Waals surface area contributed by atoms with E-state index in [9.17, 15) is 9.59 Å². The van der Waals surface area contributed by atoms with Crippen LogP contribution >= 0.6 is 11.8 Å². The Labute approximate surface area is 164 Å². The summed E-state index contributed by atoms with van der Waals surface area (Å²) < 4.78 is 10.5.